The molecule has 0 fully saturated rings. The third-order valence-electron chi connectivity index (χ3n) is 2.62. The van der Waals surface area contributed by atoms with Gasteiger partial charge in [-0.15, -0.1) is 11.3 Å². The minimum Gasteiger partial charge on any atom is -0.271 e. The predicted molar refractivity (Wildman–Crippen MR) is 74.7 cm³/mol. The van der Waals surface area contributed by atoms with Gasteiger partial charge in [-0.25, -0.2) is 9.37 Å². The van der Waals surface area contributed by atoms with Gasteiger partial charge in [0, 0.05) is 15.5 Å². The number of nitrogens with one attached hydrogen (secondary N) is 1. The van der Waals surface area contributed by atoms with Crippen LogP contribution in [0.2, 0.25) is 0 Å². The van der Waals surface area contributed by atoms with Crippen LogP contribution >= 0.6 is 27.3 Å². The molecule has 0 spiro atoms. The molecule has 96 valence electrons. The fourth-order valence-electron chi connectivity index (χ4n) is 1.69. The maximum Gasteiger partial charge on any atom is 0.124 e. The Hall–Kier alpha value is -0.820. The number of hydrogen-bond donors (Lipinski definition) is 2. The van der Waals surface area contributed by atoms with Gasteiger partial charge in [0.2, 0.25) is 0 Å². The smallest absolute Gasteiger partial charge is 0.124 e. The molecule has 2 rings (SSSR count). The van der Waals surface area contributed by atoms with Gasteiger partial charge in [-0.3, -0.25) is 11.3 Å². The Balaban J connectivity index is 2.20. The molecule has 1 heterocycles. The Kier molecular flexibility index (Phi) is 4.45. The summed E-state index contributed by atoms with van der Waals surface area (Å²) >= 11 is 4.97. The Morgan fingerprint density at radius 1 is 1.56 bits per heavy atom. The molecule has 6 heteroatoms. The van der Waals surface area contributed by atoms with Crippen LogP contribution in [0.25, 0.3) is 0 Å². The molecule has 0 bridgehead atoms. The number of benzene rings is 1. The lowest BCUT2D eigenvalue weighted by molar-refractivity contribution is 0.557. The molecule has 1 aromatic heterocycles. The zero-order valence-electron chi connectivity index (χ0n) is 9.78. The van der Waals surface area contributed by atoms with Crippen LogP contribution in [0.5, 0.6) is 0 Å². The van der Waals surface area contributed by atoms with E-state index >= 15 is 0 Å². The molecular weight excluding hydrogens is 317 g/mol. The van der Waals surface area contributed by atoms with Gasteiger partial charge in [-0.05, 0) is 31.0 Å². The van der Waals surface area contributed by atoms with Crippen molar-refractivity contribution in [1.82, 2.24) is 10.4 Å². The average molecular weight is 330 g/mol. The Morgan fingerprint density at radius 2 is 2.33 bits per heavy atom. The number of halogens is 2. The first-order chi connectivity index (χ1) is 8.60. The fraction of sp³-hybridized carbons (Fsp3) is 0.250. The maximum absolute atomic E-state index is 13.0. The Bertz CT molecular complexity index is 544. The number of aromatic nitrogens is 1. The highest BCUT2D eigenvalue weighted by atomic mass is 79.9. The first-order valence-electron chi connectivity index (χ1n) is 5.42. The predicted octanol–water partition coefficient (Wildman–Crippen LogP) is 3.10. The highest BCUT2D eigenvalue weighted by Gasteiger charge is 2.15. The molecule has 0 aliphatic carbocycles. The van der Waals surface area contributed by atoms with E-state index in [4.69, 9.17) is 5.84 Å². The lowest BCUT2D eigenvalue weighted by Crippen LogP contribution is -2.29. The van der Waals surface area contributed by atoms with Crippen molar-refractivity contribution in [3.05, 3.63) is 50.1 Å². The largest absolute Gasteiger partial charge is 0.271 e. The van der Waals surface area contributed by atoms with Gasteiger partial charge in [-0.1, -0.05) is 22.0 Å². The molecule has 0 amide bonds. The molecule has 1 atom stereocenters. The van der Waals surface area contributed by atoms with E-state index in [1.807, 2.05) is 13.1 Å². The average Bonchev–Trinajstić information content (AvgIpc) is 2.75. The van der Waals surface area contributed by atoms with Crippen molar-refractivity contribution < 1.29 is 4.39 Å². The summed E-state index contributed by atoms with van der Waals surface area (Å²) in [5, 5.41) is 1.00. The van der Waals surface area contributed by atoms with Crippen LogP contribution in [0.3, 0.4) is 0 Å². The molecule has 3 nitrogen and oxygen atoms in total. The number of thiazole rings is 1. The summed E-state index contributed by atoms with van der Waals surface area (Å²) in [5.41, 5.74) is 3.78. The number of hydrogen-bond acceptors (Lipinski definition) is 4. The highest BCUT2D eigenvalue weighted by molar-refractivity contribution is 9.10. The van der Waals surface area contributed by atoms with Crippen LogP contribution in [0.4, 0.5) is 4.39 Å². The normalized spacial score (nSPS) is 12.7. The Labute approximate surface area is 117 Å². The van der Waals surface area contributed by atoms with Crippen LogP contribution < -0.4 is 11.3 Å². The first kappa shape index (κ1) is 13.6. The van der Waals surface area contributed by atoms with E-state index in [9.17, 15) is 4.39 Å². The number of nitrogens with zero attached hydrogens (tertiary/aromatic N) is 1. The third kappa shape index (κ3) is 3.14. The molecule has 18 heavy (non-hydrogen) atoms. The first-order valence-corrected chi connectivity index (χ1v) is 7.03. The molecule has 1 unspecified atom stereocenters. The molecular formula is C12H13BrFN3S. The zero-order chi connectivity index (χ0) is 13.1. The fourth-order valence-corrected chi connectivity index (χ4v) is 3.05. The number of aryl methyl sites for hydroxylation is 1. The standard InChI is InChI=1S/C12H13BrFN3S/c1-7-16-6-12(18-7)11(17-15)4-8-2-3-9(14)5-10(8)13/h2-3,5-6,11,17H,4,15H2,1H3. The van der Waals surface area contributed by atoms with Crippen molar-refractivity contribution in [2.24, 2.45) is 5.84 Å². The summed E-state index contributed by atoms with van der Waals surface area (Å²) in [5.74, 6) is 5.33. The summed E-state index contributed by atoms with van der Waals surface area (Å²) < 4.78 is 13.8. The van der Waals surface area contributed by atoms with E-state index in [0.717, 1.165) is 19.9 Å². The Morgan fingerprint density at radius 3 is 2.89 bits per heavy atom. The van der Waals surface area contributed by atoms with Gasteiger partial charge in [0.05, 0.1) is 11.0 Å². The van der Waals surface area contributed by atoms with Crippen molar-refractivity contribution in [2.75, 3.05) is 0 Å². The van der Waals surface area contributed by atoms with Gasteiger partial charge in [-0.2, -0.15) is 0 Å². The molecule has 0 aliphatic rings. The summed E-state index contributed by atoms with van der Waals surface area (Å²) in [4.78, 5) is 5.29. The van der Waals surface area contributed by atoms with E-state index in [0.29, 0.717) is 6.42 Å². The zero-order valence-corrected chi connectivity index (χ0v) is 12.2. The topological polar surface area (TPSA) is 50.9 Å². The van der Waals surface area contributed by atoms with Crippen LogP contribution in [0.15, 0.2) is 28.9 Å². The van der Waals surface area contributed by atoms with Gasteiger partial charge in [0.15, 0.2) is 0 Å². The van der Waals surface area contributed by atoms with Crippen molar-refractivity contribution in [3.63, 3.8) is 0 Å². The van der Waals surface area contributed by atoms with Crippen LogP contribution in [-0.4, -0.2) is 4.98 Å². The molecule has 3 N–H and O–H groups in total. The van der Waals surface area contributed by atoms with Crippen molar-refractivity contribution >= 4 is 27.3 Å². The van der Waals surface area contributed by atoms with E-state index in [2.05, 4.69) is 26.3 Å². The summed E-state index contributed by atoms with van der Waals surface area (Å²) in [6.07, 6.45) is 2.50. The minimum atomic E-state index is -0.253. The monoisotopic (exact) mass is 329 g/mol. The maximum atomic E-state index is 13.0. The minimum absolute atomic E-state index is 0.0158. The number of nitrogens with two attached hydrogens (primary N) is 1. The van der Waals surface area contributed by atoms with Crippen LogP contribution in [0, 0.1) is 12.7 Å². The number of hydrazine groups is 1. The second-order valence-corrected chi connectivity index (χ2v) is 6.06. The quantitative estimate of drug-likeness (QED) is 0.669. The van der Waals surface area contributed by atoms with Gasteiger partial charge >= 0.3 is 0 Å². The summed E-state index contributed by atoms with van der Waals surface area (Å²) in [7, 11) is 0. The van der Waals surface area contributed by atoms with Crippen LogP contribution in [-0.2, 0) is 6.42 Å². The van der Waals surface area contributed by atoms with E-state index < -0.39 is 0 Å². The number of rotatable bonds is 4. The molecule has 0 saturated carbocycles. The SMILES string of the molecule is Cc1ncc(C(Cc2ccc(F)cc2Br)NN)s1. The van der Waals surface area contributed by atoms with Crippen molar-refractivity contribution in [3.8, 4) is 0 Å². The molecule has 0 aliphatic heterocycles. The highest BCUT2D eigenvalue weighted by Crippen LogP contribution is 2.27. The molecule has 2 aromatic rings. The second-order valence-electron chi connectivity index (χ2n) is 3.94. The van der Waals surface area contributed by atoms with Gasteiger partial charge in [0.25, 0.3) is 0 Å². The van der Waals surface area contributed by atoms with Crippen LogP contribution in [0.1, 0.15) is 21.5 Å². The molecule has 1 aromatic carbocycles. The van der Waals surface area contributed by atoms with Gasteiger partial charge in [0.1, 0.15) is 5.82 Å². The lowest BCUT2D eigenvalue weighted by atomic mass is 10.1. The van der Waals surface area contributed by atoms with Crippen molar-refractivity contribution in [1.29, 1.82) is 0 Å². The molecule has 0 radical (unpaired) electrons. The van der Waals surface area contributed by atoms with Gasteiger partial charge < -0.3 is 0 Å². The molecule has 0 saturated heterocycles. The van der Waals surface area contributed by atoms with E-state index in [1.165, 1.54) is 12.1 Å². The van der Waals surface area contributed by atoms with E-state index in [1.54, 1.807) is 17.4 Å². The third-order valence-corrected chi connectivity index (χ3v) is 4.39. The van der Waals surface area contributed by atoms with E-state index in [-0.39, 0.29) is 11.9 Å². The lowest BCUT2D eigenvalue weighted by Gasteiger charge is -2.14. The summed E-state index contributed by atoms with van der Waals surface area (Å²) in [6, 6.07) is 4.65. The summed E-state index contributed by atoms with van der Waals surface area (Å²) in [6.45, 7) is 1.95. The van der Waals surface area contributed by atoms with Crippen molar-refractivity contribution in [2.45, 2.75) is 19.4 Å². The second kappa shape index (κ2) is 5.88.